The predicted molar refractivity (Wildman–Crippen MR) is 106 cm³/mol. The summed E-state index contributed by atoms with van der Waals surface area (Å²) in [5.41, 5.74) is 1.42. The second-order valence-corrected chi connectivity index (χ2v) is 6.88. The zero-order valence-corrected chi connectivity index (χ0v) is 15.9. The van der Waals surface area contributed by atoms with Crippen LogP contribution in [0, 0.1) is 5.82 Å². The number of rotatable bonds is 7. The summed E-state index contributed by atoms with van der Waals surface area (Å²) in [4.78, 5) is 8.70. The van der Waals surface area contributed by atoms with Gasteiger partial charge in [-0.15, -0.1) is 11.8 Å². The lowest BCUT2D eigenvalue weighted by Crippen LogP contribution is -2.02. The largest absolute Gasteiger partial charge is 0.493 e. The number of hydrogen-bond acceptors (Lipinski definition) is 6. The van der Waals surface area contributed by atoms with E-state index in [0.29, 0.717) is 29.5 Å². The normalized spacial score (nSPS) is 10.9. The van der Waals surface area contributed by atoms with Crippen LogP contribution in [0.2, 0.25) is 0 Å². The summed E-state index contributed by atoms with van der Waals surface area (Å²) >= 11 is 1.56. The number of benzene rings is 2. The Hall–Kier alpha value is -3.13. The molecule has 2 aromatic carbocycles. The number of ether oxygens (including phenoxy) is 2. The molecule has 0 atom stereocenters. The first kappa shape index (κ1) is 18.2. The predicted octanol–water partition coefficient (Wildman–Crippen LogP) is 4.13. The van der Waals surface area contributed by atoms with E-state index >= 15 is 0 Å². The number of fused-ring (bicyclic) bond motifs is 1. The Kier molecular flexibility index (Phi) is 5.38. The van der Waals surface area contributed by atoms with Crippen molar-refractivity contribution in [3.63, 3.8) is 0 Å². The van der Waals surface area contributed by atoms with E-state index in [0.717, 1.165) is 16.1 Å². The van der Waals surface area contributed by atoms with Crippen molar-refractivity contribution in [3.05, 3.63) is 66.9 Å². The quantitative estimate of drug-likeness (QED) is 0.266. The summed E-state index contributed by atoms with van der Waals surface area (Å²) in [7, 11) is 1.62. The van der Waals surface area contributed by atoms with E-state index in [1.165, 1.54) is 18.5 Å². The standard InChI is InChI=1S/C20H17FN4O2S/c1-26-17-4-2-3-5-18(17)27-10-11-28-20-16-12-24-25(19(16)22-13-23-20)15-8-6-14(21)7-9-15/h2-9,12-13H,10-11H2,1H3. The fraction of sp³-hybridized carbons (Fsp3) is 0.150. The maximum atomic E-state index is 13.2. The van der Waals surface area contributed by atoms with Gasteiger partial charge in [0, 0.05) is 5.75 Å². The summed E-state index contributed by atoms with van der Waals surface area (Å²) in [6.07, 6.45) is 3.23. The molecule has 28 heavy (non-hydrogen) atoms. The molecule has 0 bridgehead atoms. The third-order valence-electron chi connectivity index (χ3n) is 4.05. The minimum Gasteiger partial charge on any atom is -0.493 e. The van der Waals surface area contributed by atoms with E-state index in [1.807, 2.05) is 24.3 Å². The zero-order chi connectivity index (χ0) is 19.3. The molecule has 4 rings (SSSR count). The molecule has 142 valence electrons. The molecule has 0 aliphatic carbocycles. The van der Waals surface area contributed by atoms with E-state index in [4.69, 9.17) is 9.47 Å². The zero-order valence-electron chi connectivity index (χ0n) is 15.1. The first-order valence-electron chi connectivity index (χ1n) is 8.59. The van der Waals surface area contributed by atoms with Crippen LogP contribution in [-0.4, -0.2) is 39.2 Å². The molecule has 8 heteroatoms. The molecule has 0 amide bonds. The Morgan fingerprint density at radius 1 is 1.04 bits per heavy atom. The Morgan fingerprint density at radius 2 is 1.82 bits per heavy atom. The summed E-state index contributed by atoms with van der Waals surface area (Å²) in [5, 5.41) is 6.05. The molecule has 0 aliphatic rings. The highest BCUT2D eigenvalue weighted by molar-refractivity contribution is 7.99. The van der Waals surface area contributed by atoms with Crippen LogP contribution in [0.1, 0.15) is 0 Å². The molecule has 2 aromatic heterocycles. The van der Waals surface area contributed by atoms with Crippen molar-refractivity contribution < 1.29 is 13.9 Å². The lowest BCUT2D eigenvalue weighted by molar-refractivity contribution is 0.313. The van der Waals surface area contributed by atoms with E-state index in [1.54, 1.807) is 41.9 Å². The molecule has 4 aromatic rings. The average Bonchev–Trinajstić information content (AvgIpc) is 3.17. The van der Waals surface area contributed by atoms with Crippen molar-refractivity contribution in [3.8, 4) is 17.2 Å². The molecule has 0 unspecified atom stereocenters. The lowest BCUT2D eigenvalue weighted by Gasteiger charge is -2.10. The number of halogens is 1. The number of nitrogens with zero attached hydrogens (tertiary/aromatic N) is 4. The minimum atomic E-state index is -0.291. The first-order valence-corrected chi connectivity index (χ1v) is 9.58. The van der Waals surface area contributed by atoms with E-state index in [-0.39, 0.29) is 5.82 Å². The second-order valence-electron chi connectivity index (χ2n) is 5.80. The van der Waals surface area contributed by atoms with Gasteiger partial charge >= 0.3 is 0 Å². The van der Waals surface area contributed by atoms with Gasteiger partial charge in [0.15, 0.2) is 17.1 Å². The summed E-state index contributed by atoms with van der Waals surface area (Å²) in [6.45, 7) is 0.503. The third kappa shape index (κ3) is 3.77. The molecule has 0 spiro atoms. The van der Waals surface area contributed by atoms with Gasteiger partial charge < -0.3 is 9.47 Å². The monoisotopic (exact) mass is 396 g/mol. The molecule has 0 saturated heterocycles. The van der Waals surface area contributed by atoms with Crippen LogP contribution in [0.5, 0.6) is 11.5 Å². The van der Waals surface area contributed by atoms with Gasteiger partial charge in [-0.2, -0.15) is 5.10 Å². The van der Waals surface area contributed by atoms with Crippen LogP contribution in [0.4, 0.5) is 4.39 Å². The van der Waals surface area contributed by atoms with Gasteiger partial charge in [0.2, 0.25) is 0 Å². The highest BCUT2D eigenvalue weighted by Crippen LogP contribution is 2.28. The van der Waals surface area contributed by atoms with Crippen molar-refractivity contribution in [2.75, 3.05) is 19.5 Å². The van der Waals surface area contributed by atoms with Crippen molar-refractivity contribution in [2.45, 2.75) is 5.03 Å². The average molecular weight is 396 g/mol. The maximum absolute atomic E-state index is 13.2. The summed E-state index contributed by atoms with van der Waals surface area (Å²) < 4.78 is 25.9. The molecule has 0 fully saturated rings. The molecule has 2 heterocycles. The minimum absolute atomic E-state index is 0.291. The first-order chi connectivity index (χ1) is 13.8. The SMILES string of the molecule is COc1ccccc1OCCSc1ncnc2c1cnn2-c1ccc(F)cc1. The van der Waals surface area contributed by atoms with Crippen LogP contribution in [0.3, 0.4) is 0 Å². The smallest absolute Gasteiger partial charge is 0.167 e. The van der Waals surface area contributed by atoms with Crippen molar-refractivity contribution in [1.82, 2.24) is 19.7 Å². The van der Waals surface area contributed by atoms with E-state index in [9.17, 15) is 4.39 Å². The van der Waals surface area contributed by atoms with Crippen molar-refractivity contribution in [1.29, 1.82) is 0 Å². The van der Waals surface area contributed by atoms with Crippen LogP contribution >= 0.6 is 11.8 Å². The van der Waals surface area contributed by atoms with Gasteiger partial charge in [-0.05, 0) is 36.4 Å². The van der Waals surface area contributed by atoms with Crippen LogP contribution in [-0.2, 0) is 0 Å². The molecule has 0 N–H and O–H groups in total. The number of hydrogen-bond donors (Lipinski definition) is 0. The van der Waals surface area contributed by atoms with E-state index < -0.39 is 0 Å². The van der Waals surface area contributed by atoms with Gasteiger partial charge in [0.1, 0.15) is 17.2 Å². The third-order valence-corrected chi connectivity index (χ3v) is 5.02. The molecule has 6 nitrogen and oxygen atoms in total. The van der Waals surface area contributed by atoms with Crippen LogP contribution < -0.4 is 9.47 Å². The highest BCUT2D eigenvalue weighted by atomic mass is 32.2. The van der Waals surface area contributed by atoms with Gasteiger partial charge in [-0.1, -0.05) is 12.1 Å². The Balaban J connectivity index is 1.47. The lowest BCUT2D eigenvalue weighted by atomic mass is 10.3. The molecule has 0 aliphatic heterocycles. The topological polar surface area (TPSA) is 62.1 Å². The Labute approximate surface area is 165 Å². The molecular formula is C20H17FN4O2S. The molecular weight excluding hydrogens is 379 g/mol. The van der Waals surface area contributed by atoms with E-state index in [2.05, 4.69) is 15.1 Å². The fourth-order valence-corrected chi connectivity index (χ4v) is 3.52. The van der Waals surface area contributed by atoms with Crippen molar-refractivity contribution in [2.24, 2.45) is 0 Å². The fourth-order valence-electron chi connectivity index (χ4n) is 2.74. The second kappa shape index (κ2) is 8.26. The number of methoxy groups -OCH3 is 1. The summed E-state index contributed by atoms with van der Waals surface area (Å²) in [6, 6.07) is 13.7. The number of para-hydroxylation sites is 2. The highest BCUT2D eigenvalue weighted by Gasteiger charge is 2.12. The Bertz CT molecular complexity index is 1090. The van der Waals surface area contributed by atoms with Gasteiger partial charge in [0.25, 0.3) is 0 Å². The van der Waals surface area contributed by atoms with Crippen LogP contribution in [0.15, 0.2) is 66.1 Å². The van der Waals surface area contributed by atoms with Gasteiger partial charge in [-0.3, -0.25) is 0 Å². The number of aromatic nitrogens is 4. The Morgan fingerprint density at radius 3 is 2.61 bits per heavy atom. The van der Waals surface area contributed by atoms with Crippen molar-refractivity contribution >= 4 is 22.8 Å². The number of thioether (sulfide) groups is 1. The molecule has 0 saturated carbocycles. The maximum Gasteiger partial charge on any atom is 0.167 e. The van der Waals surface area contributed by atoms with Crippen LogP contribution in [0.25, 0.3) is 16.7 Å². The summed E-state index contributed by atoms with van der Waals surface area (Å²) in [5.74, 6) is 1.83. The van der Waals surface area contributed by atoms with Gasteiger partial charge in [0.05, 0.1) is 31.0 Å². The molecule has 0 radical (unpaired) electrons. The van der Waals surface area contributed by atoms with Gasteiger partial charge in [-0.25, -0.2) is 19.0 Å².